The van der Waals surface area contributed by atoms with Gasteiger partial charge in [-0.1, -0.05) is 66.2 Å². The molecule has 5 aliphatic rings. The third kappa shape index (κ3) is 5.44. The first kappa shape index (κ1) is 36.0. The first-order valence-corrected chi connectivity index (χ1v) is 17.6. The molecule has 4 aliphatic carbocycles. The summed E-state index contributed by atoms with van der Waals surface area (Å²) in [4.78, 5) is 12.9. The molecule has 9 nitrogen and oxygen atoms in total. The highest BCUT2D eigenvalue weighted by Gasteiger charge is 2.66. The molecule has 5 rings (SSSR count). The normalized spacial score (nSPS) is 46.0. The van der Waals surface area contributed by atoms with E-state index in [0.717, 1.165) is 37.7 Å². The van der Waals surface area contributed by atoms with Crippen LogP contribution in [-0.2, 0) is 14.3 Å². The van der Waals surface area contributed by atoms with Gasteiger partial charge < -0.3 is 40.1 Å². The molecule has 0 aromatic heterocycles. The molecule has 1 aliphatic heterocycles. The first-order chi connectivity index (χ1) is 21.3. The molecule has 0 aromatic carbocycles. The third-order valence-corrected chi connectivity index (χ3v) is 14.3. The Morgan fingerprint density at radius 2 is 1.67 bits per heavy atom. The maximum Gasteiger partial charge on any atom is 0.306 e. The van der Waals surface area contributed by atoms with Gasteiger partial charge in [0.1, 0.15) is 24.4 Å². The molecule has 0 amide bonds. The van der Waals surface area contributed by atoms with Crippen LogP contribution in [0.4, 0.5) is 0 Å². The summed E-state index contributed by atoms with van der Waals surface area (Å²) in [5.74, 6) is -0.913. The van der Waals surface area contributed by atoms with E-state index < -0.39 is 66.8 Å². The first-order valence-electron chi connectivity index (χ1n) is 17.6. The van der Waals surface area contributed by atoms with Gasteiger partial charge in [-0.3, -0.25) is 4.79 Å². The minimum atomic E-state index is -1.55. The van der Waals surface area contributed by atoms with E-state index in [1.54, 1.807) is 0 Å². The molecule has 0 bridgehead atoms. The van der Waals surface area contributed by atoms with E-state index in [2.05, 4.69) is 55.0 Å². The molecule has 9 heteroatoms. The number of carbonyl (C=O) groups is 1. The van der Waals surface area contributed by atoms with Crippen LogP contribution < -0.4 is 0 Å². The van der Waals surface area contributed by atoms with E-state index in [4.69, 9.17) is 9.47 Å². The lowest BCUT2D eigenvalue weighted by molar-refractivity contribution is -0.313. The Hall–Kier alpha value is -1.33. The second-order valence-corrected chi connectivity index (χ2v) is 17.0. The minimum Gasteiger partial charge on any atom is -0.481 e. The lowest BCUT2D eigenvalue weighted by atomic mass is 9.42. The van der Waals surface area contributed by atoms with Gasteiger partial charge in [0.2, 0.25) is 0 Å². The molecule has 0 radical (unpaired) electrons. The summed E-state index contributed by atoms with van der Waals surface area (Å²) in [6.07, 6.45) is -1.30. The van der Waals surface area contributed by atoms with Crippen molar-refractivity contribution in [1.82, 2.24) is 0 Å². The zero-order valence-corrected chi connectivity index (χ0v) is 29.0. The second-order valence-electron chi connectivity index (χ2n) is 17.0. The molecule has 1 saturated heterocycles. The number of aliphatic carboxylic acids is 1. The van der Waals surface area contributed by atoms with Crippen molar-refractivity contribution < 1.29 is 44.9 Å². The lowest BCUT2D eigenvalue weighted by Gasteiger charge is -2.63. The molecule has 13 unspecified atom stereocenters. The number of carboxylic acids is 1. The van der Waals surface area contributed by atoms with Crippen molar-refractivity contribution in [2.45, 2.75) is 149 Å². The molecule has 46 heavy (non-hydrogen) atoms. The van der Waals surface area contributed by atoms with Crippen LogP contribution in [0, 0.1) is 45.3 Å². The molecule has 1 heterocycles. The van der Waals surface area contributed by atoms with Gasteiger partial charge in [0, 0.05) is 0 Å². The Kier molecular flexibility index (Phi) is 9.79. The highest BCUT2D eigenvalue weighted by atomic mass is 16.7. The van der Waals surface area contributed by atoms with E-state index in [1.165, 1.54) is 11.1 Å². The zero-order valence-electron chi connectivity index (χ0n) is 29.0. The monoisotopic (exact) mass is 648 g/mol. The Balaban J connectivity index is 1.58. The van der Waals surface area contributed by atoms with Crippen molar-refractivity contribution in [3.63, 3.8) is 0 Å². The van der Waals surface area contributed by atoms with Gasteiger partial charge in [0.05, 0.1) is 24.7 Å². The lowest BCUT2D eigenvalue weighted by Crippen LogP contribution is -2.62. The number of allylic oxidation sites excluding steroid dienone is 2. The van der Waals surface area contributed by atoms with Crippen molar-refractivity contribution >= 4 is 5.97 Å². The summed E-state index contributed by atoms with van der Waals surface area (Å²) >= 11 is 0. The minimum absolute atomic E-state index is 0.0351. The number of ether oxygens (including phenoxy) is 2. The van der Waals surface area contributed by atoms with Crippen LogP contribution in [0.1, 0.15) is 106 Å². The van der Waals surface area contributed by atoms with E-state index in [-0.39, 0.29) is 28.1 Å². The van der Waals surface area contributed by atoms with Gasteiger partial charge >= 0.3 is 5.97 Å². The van der Waals surface area contributed by atoms with Crippen molar-refractivity contribution in [3.05, 3.63) is 23.3 Å². The van der Waals surface area contributed by atoms with Crippen LogP contribution in [-0.4, -0.2) is 86.1 Å². The SMILES string of the molecule is C=C(CCC(C(=O)O)C1CCC2(C)C3=C(CCC12C)C1(C)CCC(O)C(C)(C)C1CC3OC1OC(CO)C(O)C(O)C1O)C(C)C. The van der Waals surface area contributed by atoms with Crippen LogP contribution in [0.15, 0.2) is 23.3 Å². The van der Waals surface area contributed by atoms with Crippen LogP contribution in [0.2, 0.25) is 0 Å². The summed E-state index contributed by atoms with van der Waals surface area (Å²) in [6, 6.07) is 0. The van der Waals surface area contributed by atoms with Crippen LogP contribution in [0.3, 0.4) is 0 Å². The quantitative estimate of drug-likeness (QED) is 0.197. The Labute approximate surface area is 275 Å². The van der Waals surface area contributed by atoms with E-state index in [0.29, 0.717) is 31.6 Å². The van der Waals surface area contributed by atoms with Gasteiger partial charge in [-0.05, 0) is 103 Å². The van der Waals surface area contributed by atoms with Crippen LogP contribution in [0.5, 0.6) is 0 Å². The Morgan fingerprint density at radius 3 is 2.28 bits per heavy atom. The number of rotatable bonds is 9. The van der Waals surface area contributed by atoms with E-state index in [1.807, 2.05) is 0 Å². The second kappa shape index (κ2) is 12.5. The van der Waals surface area contributed by atoms with Crippen molar-refractivity contribution in [1.29, 1.82) is 0 Å². The van der Waals surface area contributed by atoms with Crippen LogP contribution >= 0.6 is 0 Å². The molecule has 262 valence electrons. The predicted molar refractivity (Wildman–Crippen MR) is 173 cm³/mol. The molecule has 2 saturated carbocycles. The summed E-state index contributed by atoms with van der Waals surface area (Å²) in [5.41, 5.74) is 2.28. The summed E-state index contributed by atoms with van der Waals surface area (Å²) in [7, 11) is 0. The molecular weight excluding hydrogens is 588 g/mol. The Bertz CT molecular complexity index is 1210. The predicted octanol–water partition coefficient (Wildman–Crippen LogP) is 4.58. The third-order valence-electron chi connectivity index (χ3n) is 14.3. The standard InChI is InChI=1S/C37H60O9/c1-19(2)20(3)9-10-21(32(43)44)22-11-16-37(8)28-23(12-15-36(22,37)7)35(6)14-13-27(39)34(4,5)26(35)17-24(28)45-33-31(42)30(41)29(40)25(18-38)46-33/h19,21-22,24-27,29-31,33,38-42H,3,9-18H2,1-2,4-8H3,(H,43,44). The maximum absolute atomic E-state index is 12.9. The largest absolute Gasteiger partial charge is 0.481 e. The summed E-state index contributed by atoms with van der Waals surface area (Å²) < 4.78 is 12.6. The average Bonchev–Trinajstić information content (AvgIpc) is 3.26. The molecule has 13 atom stereocenters. The average molecular weight is 649 g/mol. The van der Waals surface area contributed by atoms with Crippen LogP contribution in [0.25, 0.3) is 0 Å². The fraction of sp³-hybridized carbons (Fsp3) is 0.865. The number of carboxylic acid groups (broad SMARTS) is 1. The number of aliphatic hydroxyl groups is 5. The number of fused-ring (bicyclic) bond motifs is 4. The van der Waals surface area contributed by atoms with E-state index in [9.17, 15) is 35.4 Å². The molecule has 0 spiro atoms. The molecule has 3 fully saturated rings. The fourth-order valence-electron chi connectivity index (χ4n) is 10.9. The highest BCUT2D eigenvalue weighted by Crippen LogP contribution is 2.73. The summed E-state index contributed by atoms with van der Waals surface area (Å²) in [6.45, 7) is 19.0. The number of hydrogen-bond donors (Lipinski definition) is 6. The molecular formula is C37H60O9. The van der Waals surface area contributed by atoms with Crippen molar-refractivity contribution in [3.8, 4) is 0 Å². The van der Waals surface area contributed by atoms with Gasteiger partial charge in [-0.25, -0.2) is 0 Å². The zero-order chi connectivity index (χ0) is 34.1. The van der Waals surface area contributed by atoms with Gasteiger partial charge in [-0.15, -0.1) is 0 Å². The number of aliphatic hydroxyl groups excluding tert-OH is 5. The number of hydrogen-bond acceptors (Lipinski definition) is 8. The highest BCUT2D eigenvalue weighted by molar-refractivity contribution is 5.71. The smallest absolute Gasteiger partial charge is 0.306 e. The van der Waals surface area contributed by atoms with Gasteiger partial charge in [0.25, 0.3) is 0 Å². The molecule has 6 N–H and O–H groups in total. The topological polar surface area (TPSA) is 157 Å². The molecule has 0 aromatic rings. The summed E-state index contributed by atoms with van der Waals surface area (Å²) in [5, 5.41) is 63.7. The van der Waals surface area contributed by atoms with Crippen molar-refractivity contribution in [2.24, 2.45) is 45.3 Å². The van der Waals surface area contributed by atoms with E-state index >= 15 is 0 Å². The van der Waals surface area contributed by atoms with Gasteiger partial charge in [0.15, 0.2) is 6.29 Å². The Morgan fingerprint density at radius 1 is 1.00 bits per heavy atom. The van der Waals surface area contributed by atoms with Gasteiger partial charge in [-0.2, -0.15) is 0 Å². The van der Waals surface area contributed by atoms with Crippen molar-refractivity contribution in [2.75, 3.05) is 6.61 Å². The maximum atomic E-state index is 12.9. The fourth-order valence-corrected chi connectivity index (χ4v) is 10.9.